The molecule has 3 aromatic rings. The first-order valence-electron chi connectivity index (χ1n) is 9.30. The van der Waals surface area contributed by atoms with E-state index in [2.05, 4.69) is 20.7 Å². The minimum absolute atomic E-state index is 0.0756. The zero-order valence-corrected chi connectivity index (χ0v) is 15.4. The van der Waals surface area contributed by atoms with Crippen LogP contribution < -0.4 is 16.3 Å². The van der Waals surface area contributed by atoms with E-state index in [0.717, 1.165) is 18.7 Å². The minimum Gasteiger partial charge on any atom is -0.324 e. The number of nitrogens with zero attached hydrogens (tertiary/aromatic N) is 4. The highest BCUT2D eigenvalue weighted by atomic mass is 16.2. The molecule has 0 radical (unpaired) electrons. The minimum atomic E-state index is -0.703. The first-order chi connectivity index (χ1) is 13.7. The van der Waals surface area contributed by atoms with Crippen LogP contribution in [0.1, 0.15) is 18.4 Å². The Kier molecular flexibility index (Phi) is 5.03. The molecule has 0 spiro atoms. The van der Waals surface area contributed by atoms with Crippen LogP contribution in [0, 0.1) is 0 Å². The number of carbonyl (C=O) groups is 1. The number of rotatable bonds is 5. The fourth-order valence-electron chi connectivity index (χ4n) is 3.62. The highest BCUT2D eigenvalue weighted by Gasteiger charge is 2.42. The summed E-state index contributed by atoms with van der Waals surface area (Å²) in [6.45, 7) is 1.92. The van der Waals surface area contributed by atoms with Gasteiger partial charge in [0.2, 0.25) is 0 Å². The monoisotopic (exact) mass is 378 g/mol. The van der Waals surface area contributed by atoms with Gasteiger partial charge in [-0.05, 0) is 55.8 Å². The quantitative estimate of drug-likeness (QED) is 0.696. The molecule has 0 saturated carbocycles. The molecule has 8 heteroatoms. The van der Waals surface area contributed by atoms with Gasteiger partial charge < -0.3 is 10.6 Å². The summed E-state index contributed by atoms with van der Waals surface area (Å²) in [6, 6.07) is 11.1. The zero-order valence-electron chi connectivity index (χ0n) is 15.4. The molecule has 1 aromatic carbocycles. The molecule has 3 heterocycles. The Balaban J connectivity index is 1.56. The molecule has 0 bridgehead atoms. The number of anilines is 1. The van der Waals surface area contributed by atoms with Crippen molar-refractivity contribution in [2.45, 2.75) is 24.9 Å². The molecule has 0 aliphatic carbocycles. The lowest BCUT2D eigenvalue weighted by molar-refractivity contribution is -0.126. The topological polar surface area (TPSA) is 93.8 Å². The predicted molar refractivity (Wildman–Crippen MR) is 105 cm³/mol. The first-order valence-corrected chi connectivity index (χ1v) is 9.30. The number of piperidine rings is 1. The van der Waals surface area contributed by atoms with Gasteiger partial charge >= 0.3 is 5.69 Å². The molecule has 1 amide bonds. The van der Waals surface area contributed by atoms with Gasteiger partial charge in [0, 0.05) is 30.5 Å². The van der Waals surface area contributed by atoms with Crippen LogP contribution >= 0.6 is 0 Å². The molecule has 1 aliphatic rings. The number of amides is 1. The van der Waals surface area contributed by atoms with E-state index in [-0.39, 0.29) is 11.6 Å². The fraction of sp³-hybridized carbons (Fsp3) is 0.300. The summed E-state index contributed by atoms with van der Waals surface area (Å²) in [5.41, 5.74) is 0.602. The van der Waals surface area contributed by atoms with Crippen LogP contribution in [-0.2, 0) is 16.9 Å². The van der Waals surface area contributed by atoms with Gasteiger partial charge in [-0.15, -0.1) is 0 Å². The van der Waals surface area contributed by atoms with Crippen molar-refractivity contribution in [3.05, 3.63) is 77.2 Å². The molecule has 1 fully saturated rings. The zero-order chi connectivity index (χ0) is 19.4. The smallest absolute Gasteiger partial charge is 0.324 e. The molecule has 0 unspecified atom stereocenters. The van der Waals surface area contributed by atoms with Crippen molar-refractivity contribution in [3.63, 3.8) is 0 Å². The summed E-state index contributed by atoms with van der Waals surface area (Å²) in [7, 11) is 0. The van der Waals surface area contributed by atoms with Gasteiger partial charge in [-0.25, -0.2) is 9.78 Å². The summed E-state index contributed by atoms with van der Waals surface area (Å²) in [6.07, 6.45) is 8.06. The van der Waals surface area contributed by atoms with Gasteiger partial charge in [0.25, 0.3) is 5.91 Å². The lowest BCUT2D eigenvalue weighted by Gasteiger charge is -2.36. The molecule has 8 nitrogen and oxygen atoms in total. The number of aromatic nitrogens is 4. The summed E-state index contributed by atoms with van der Waals surface area (Å²) in [4.78, 5) is 28.8. The number of hydrogen-bond donors (Lipinski definition) is 2. The average molecular weight is 378 g/mol. The SMILES string of the molecule is O=C(Nc1cccc(Cn2cccnc2=O)c1)C1(n2cccn2)CCNCC1. The number of nitrogens with one attached hydrogen (secondary N) is 2. The van der Waals surface area contributed by atoms with E-state index in [9.17, 15) is 9.59 Å². The Morgan fingerprint density at radius 2 is 1.96 bits per heavy atom. The molecule has 2 N–H and O–H groups in total. The van der Waals surface area contributed by atoms with E-state index in [4.69, 9.17) is 0 Å². The Morgan fingerprint density at radius 3 is 2.71 bits per heavy atom. The summed E-state index contributed by atoms with van der Waals surface area (Å²) >= 11 is 0. The molecule has 28 heavy (non-hydrogen) atoms. The van der Waals surface area contributed by atoms with Gasteiger partial charge in [-0.2, -0.15) is 5.10 Å². The Labute approximate surface area is 162 Å². The fourth-order valence-corrected chi connectivity index (χ4v) is 3.62. The van der Waals surface area contributed by atoms with Crippen LogP contribution in [-0.4, -0.2) is 38.3 Å². The van der Waals surface area contributed by atoms with Gasteiger partial charge in [0.05, 0.1) is 6.54 Å². The van der Waals surface area contributed by atoms with Crippen LogP contribution in [0.4, 0.5) is 5.69 Å². The lowest BCUT2D eigenvalue weighted by atomic mass is 9.87. The third kappa shape index (κ3) is 3.59. The molecule has 4 rings (SSSR count). The predicted octanol–water partition coefficient (Wildman–Crippen LogP) is 1.21. The van der Waals surface area contributed by atoms with Crippen molar-refractivity contribution in [2.24, 2.45) is 0 Å². The number of hydrogen-bond acceptors (Lipinski definition) is 5. The summed E-state index contributed by atoms with van der Waals surface area (Å²) in [5.74, 6) is -0.0756. The van der Waals surface area contributed by atoms with E-state index in [1.165, 1.54) is 10.8 Å². The maximum atomic E-state index is 13.2. The Morgan fingerprint density at radius 1 is 1.14 bits per heavy atom. The van der Waals surface area contributed by atoms with Crippen LogP contribution in [0.5, 0.6) is 0 Å². The largest absolute Gasteiger partial charge is 0.347 e. The molecule has 0 atom stereocenters. The van der Waals surface area contributed by atoms with Crippen LogP contribution in [0.25, 0.3) is 0 Å². The third-order valence-corrected chi connectivity index (χ3v) is 5.12. The Hall–Kier alpha value is -3.26. The molecule has 144 valence electrons. The van der Waals surface area contributed by atoms with Crippen LogP contribution in [0.2, 0.25) is 0 Å². The molecule has 1 aliphatic heterocycles. The normalized spacial score (nSPS) is 15.9. The lowest BCUT2D eigenvalue weighted by Crippen LogP contribution is -2.52. The standard InChI is InChI=1S/C20H22N6O2/c27-18(20(6-10-21-11-7-20)26-13-3-9-23-26)24-17-5-1-4-16(14-17)15-25-12-2-8-22-19(25)28/h1-5,8-9,12-14,21H,6-7,10-11,15H2,(H,24,27). The molecular weight excluding hydrogens is 356 g/mol. The van der Waals surface area contributed by atoms with Crippen LogP contribution in [0.3, 0.4) is 0 Å². The van der Waals surface area contributed by atoms with E-state index < -0.39 is 5.54 Å². The average Bonchev–Trinajstić information content (AvgIpc) is 3.26. The molecule has 1 saturated heterocycles. The summed E-state index contributed by atoms with van der Waals surface area (Å²) < 4.78 is 3.29. The Bertz CT molecular complexity index is 1010. The van der Waals surface area contributed by atoms with Gasteiger partial charge in [-0.1, -0.05) is 12.1 Å². The van der Waals surface area contributed by atoms with E-state index >= 15 is 0 Å². The highest BCUT2D eigenvalue weighted by molar-refractivity contribution is 5.96. The highest BCUT2D eigenvalue weighted by Crippen LogP contribution is 2.28. The molecular formula is C20H22N6O2. The van der Waals surface area contributed by atoms with Crippen molar-refractivity contribution in [1.29, 1.82) is 0 Å². The van der Waals surface area contributed by atoms with Gasteiger partial charge in [-0.3, -0.25) is 14.0 Å². The second-order valence-electron chi connectivity index (χ2n) is 6.92. The second-order valence-corrected chi connectivity index (χ2v) is 6.92. The molecule has 2 aromatic heterocycles. The van der Waals surface area contributed by atoms with Crippen molar-refractivity contribution in [3.8, 4) is 0 Å². The second kappa shape index (κ2) is 7.77. The van der Waals surface area contributed by atoms with Crippen molar-refractivity contribution in [1.82, 2.24) is 24.6 Å². The van der Waals surface area contributed by atoms with Crippen molar-refractivity contribution < 1.29 is 4.79 Å². The van der Waals surface area contributed by atoms with E-state index in [0.29, 0.717) is 25.1 Å². The maximum absolute atomic E-state index is 13.2. The van der Waals surface area contributed by atoms with Crippen molar-refractivity contribution >= 4 is 11.6 Å². The van der Waals surface area contributed by atoms with E-state index in [1.54, 1.807) is 23.1 Å². The third-order valence-electron chi connectivity index (χ3n) is 5.12. The first kappa shape index (κ1) is 18.1. The maximum Gasteiger partial charge on any atom is 0.347 e. The van der Waals surface area contributed by atoms with Crippen LogP contribution in [0.15, 0.2) is 66.0 Å². The van der Waals surface area contributed by atoms with Crippen molar-refractivity contribution in [2.75, 3.05) is 18.4 Å². The summed E-state index contributed by atoms with van der Waals surface area (Å²) in [5, 5.41) is 10.7. The van der Waals surface area contributed by atoms with E-state index in [1.807, 2.05) is 36.5 Å². The van der Waals surface area contributed by atoms with Gasteiger partial charge in [0.15, 0.2) is 0 Å². The number of carbonyl (C=O) groups excluding carboxylic acids is 1. The number of benzene rings is 1. The van der Waals surface area contributed by atoms with Gasteiger partial charge in [0.1, 0.15) is 5.54 Å².